The van der Waals surface area contributed by atoms with Gasteiger partial charge in [0.05, 0.1) is 11.8 Å². The minimum Gasteiger partial charge on any atom is -0.355 e. The van der Waals surface area contributed by atoms with E-state index in [1.807, 2.05) is 0 Å². The first-order valence-corrected chi connectivity index (χ1v) is 12.4. The minimum atomic E-state index is -0.122. The van der Waals surface area contributed by atoms with Crippen LogP contribution < -0.4 is 10.6 Å². The van der Waals surface area contributed by atoms with Gasteiger partial charge in [0, 0.05) is 33.2 Å². The summed E-state index contributed by atoms with van der Waals surface area (Å²) in [6, 6.07) is 8.76. The summed E-state index contributed by atoms with van der Waals surface area (Å²) in [6.45, 7) is 5.00. The number of carbonyl (C=O) groups is 2. The number of fused-ring (bicyclic) bond motifs is 5. The minimum absolute atomic E-state index is 0.0104. The molecule has 2 heterocycles. The Hall–Kier alpha value is -2.67. The molecule has 7 heteroatoms. The summed E-state index contributed by atoms with van der Waals surface area (Å²) in [5.41, 5.74) is 2.55. The van der Waals surface area contributed by atoms with Crippen molar-refractivity contribution in [1.29, 1.82) is 0 Å². The molecule has 4 aliphatic rings. The highest BCUT2D eigenvalue weighted by Crippen LogP contribution is 2.52. The summed E-state index contributed by atoms with van der Waals surface area (Å²) in [6.07, 6.45) is 9.21. The zero-order valence-corrected chi connectivity index (χ0v) is 19.5. The van der Waals surface area contributed by atoms with Crippen LogP contribution in [0.3, 0.4) is 0 Å². The van der Waals surface area contributed by atoms with Crippen molar-refractivity contribution in [2.45, 2.75) is 38.8 Å². The molecule has 3 fully saturated rings. The van der Waals surface area contributed by atoms with Crippen molar-refractivity contribution in [2.75, 3.05) is 33.2 Å². The normalized spacial score (nSPS) is 29.1. The Morgan fingerprint density at radius 3 is 2.21 bits per heavy atom. The van der Waals surface area contributed by atoms with Gasteiger partial charge in [-0.15, -0.1) is 0 Å². The first-order chi connectivity index (χ1) is 16.1. The lowest BCUT2D eigenvalue weighted by Gasteiger charge is -2.26. The van der Waals surface area contributed by atoms with Crippen LogP contribution in [-0.4, -0.2) is 60.8 Å². The fourth-order valence-electron chi connectivity index (χ4n) is 6.02. The number of likely N-dealkylation sites (tertiary alicyclic amines) is 2. The fourth-order valence-corrected chi connectivity index (χ4v) is 6.02. The largest absolute Gasteiger partial charge is 0.355 e. The van der Waals surface area contributed by atoms with E-state index in [9.17, 15) is 9.59 Å². The summed E-state index contributed by atoms with van der Waals surface area (Å²) in [5, 5.41) is 6.58. The second-order valence-corrected chi connectivity index (χ2v) is 9.83. The molecule has 2 bridgehead atoms. The van der Waals surface area contributed by atoms with Crippen molar-refractivity contribution in [2.24, 2.45) is 28.7 Å². The number of hydrogen-bond donors (Lipinski definition) is 2. The van der Waals surface area contributed by atoms with E-state index in [0.717, 1.165) is 13.0 Å². The fraction of sp³-hybridized carbons (Fsp3) is 0.577. The van der Waals surface area contributed by atoms with Crippen molar-refractivity contribution < 1.29 is 9.59 Å². The molecular formula is C26H35N5O2. The van der Waals surface area contributed by atoms with Gasteiger partial charge in [0.15, 0.2) is 5.96 Å². The van der Waals surface area contributed by atoms with Crippen molar-refractivity contribution in [3.05, 3.63) is 47.5 Å². The average molecular weight is 450 g/mol. The van der Waals surface area contributed by atoms with Crippen LogP contribution in [-0.2, 0) is 22.7 Å². The Bertz CT molecular complexity index is 905. The van der Waals surface area contributed by atoms with Crippen LogP contribution in [0.1, 0.15) is 36.8 Å². The summed E-state index contributed by atoms with van der Waals surface area (Å²) >= 11 is 0. The number of hydrogen-bond acceptors (Lipinski definition) is 4. The van der Waals surface area contributed by atoms with E-state index in [0.29, 0.717) is 25.6 Å². The number of rotatable bonds is 7. The molecule has 33 heavy (non-hydrogen) atoms. The highest BCUT2D eigenvalue weighted by Gasteiger charge is 2.58. The Balaban J connectivity index is 1.06. The highest BCUT2D eigenvalue weighted by molar-refractivity contribution is 6.06. The lowest BCUT2D eigenvalue weighted by Crippen LogP contribution is -2.43. The number of nitrogens with one attached hydrogen (secondary N) is 2. The number of benzene rings is 1. The second kappa shape index (κ2) is 9.67. The van der Waals surface area contributed by atoms with Gasteiger partial charge in [-0.2, -0.15) is 0 Å². The third kappa shape index (κ3) is 4.56. The Labute approximate surface area is 196 Å². The molecule has 2 amide bonds. The quantitative estimate of drug-likeness (QED) is 0.289. The molecule has 0 radical (unpaired) electrons. The maximum atomic E-state index is 12.8. The van der Waals surface area contributed by atoms with Gasteiger partial charge in [-0.1, -0.05) is 42.8 Å². The first-order valence-electron chi connectivity index (χ1n) is 12.4. The van der Waals surface area contributed by atoms with Gasteiger partial charge in [0.25, 0.3) is 0 Å². The number of imide groups is 1. The van der Waals surface area contributed by atoms with Crippen LogP contribution in [0.5, 0.6) is 0 Å². The zero-order valence-electron chi connectivity index (χ0n) is 19.5. The van der Waals surface area contributed by atoms with Crippen molar-refractivity contribution in [3.8, 4) is 0 Å². The second-order valence-electron chi connectivity index (χ2n) is 9.83. The van der Waals surface area contributed by atoms with Gasteiger partial charge in [-0.3, -0.25) is 24.4 Å². The molecule has 5 rings (SSSR count). The number of piperidine rings is 1. The van der Waals surface area contributed by atoms with Crippen LogP contribution in [0.4, 0.5) is 0 Å². The predicted octanol–water partition coefficient (Wildman–Crippen LogP) is 2.14. The molecule has 1 aromatic carbocycles. The van der Waals surface area contributed by atoms with Crippen LogP contribution >= 0.6 is 0 Å². The lowest BCUT2D eigenvalue weighted by atomic mass is 9.85. The molecule has 2 saturated heterocycles. The summed E-state index contributed by atoms with van der Waals surface area (Å²) < 4.78 is 0. The third-order valence-electron chi connectivity index (χ3n) is 7.75. The molecule has 2 aliphatic heterocycles. The number of allylic oxidation sites excluding steroid dienone is 2. The van der Waals surface area contributed by atoms with Gasteiger partial charge in [-0.25, -0.2) is 0 Å². The van der Waals surface area contributed by atoms with E-state index in [2.05, 4.69) is 56.9 Å². The molecule has 2 aliphatic carbocycles. The molecule has 2 N–H and O–H groups in total. The van der Waals surface area contributed by atoms with Gasteiger partial charge in [-0.05, 0) is 55.3 Å². The van der Waals surface area contributed by atoms with Gasteiger partial charge >= 0.3 is 0 Å². The summed E-state index contributed by atoms with van der Waals surface area (Å²) in [7, 11) is 1.73. The van der Waals surface area contributed by atoms with E-state index in [1.165, 1.54) is 48.4 Å². The Morgan fingerprint density at radius 1 is 0.939 bits per heavy atom. The molecule has 4 atom stereocenters. The maximum absolute atomic E-state index is 12.8. The molecule has 1 saturated carbocycles. The molecule has 176 valence electrons. The van der Waals surface area contributed by atoms with E-state index in [4.69, 9.17) is 0 Å². The van der Waals surface area contributed by atoms with Gasteiger partial charge in [0.1, 0.15) is 0 Å². The van der Waals surface area contributed by atoms with Gasteiger partial charge in [0.2, 0.25) is 11.8 Å². The van der Waals surface area contributed by atoms with E-state index < -0.39 is 0 Å². The SMILES string of the molecule is CN=C(NCCN1C(=O)C2C3C=CC(C3)C2C1=O)NCc1ccc(CN2CCCCC2)cc1. The van der Waals surface area contributed by atoms with Crippen LogP contribution in [0.25, 0.3) is 0 Å². The zero-order chi connectivity index (χ0) is 22.8. The maximum Gasteiger partial charge on any atom is 0.233 e. The van der Waals surface area contributed by atoms with Crippen LogP contribution in [0, 0.1) is 23.7 Å². The van der Waals surface area contributed by atoms with E-state index >= 15 is 0 Å². The molecule has 4 unspecified atom stereocenters. The van der Waals surface area contributed by atoms with Crippen molar-refractivity contribution in [3.63, 3.8) is 0 Å². The number of aliphatic imine (C=N–C) groups is 1. The number of amides is 2. The van der Waals surface area contributed by atoms with E-state index in [-0.39, 0.29) is 35.5 Å². The molecule has 7 nitrogen and oxygen atoms in total. The van der Waals surface area contributed by atoms with Crippen molar-refractivity contribution >= 4 is 17.8 Å². The first kappa shape index (κ1) is 22.1. The van der Waals surface area contributed by atoms with Crippen LogP contribution in [0.2, 0.25) is 0 Å². The molecular weight excluding hydrogens is 414 g/mol. The highest BCUT2D eigenvalue weighted by atomic mass is 16.2. The Kier molecular flexibility index (Phi) is 6.49. The number of nitrogens with zero attached hydrogens (tertiary/aromatic N) is 3. The van der Waals surface area contributed by atoms with Crippen LogP contribution in [0.15, 0.2) is 41.4 Å². The van der Waals surface area contributed by atoms with E-state index in [1.54, 1.807) is 7.05 Å². The summed E-state index contributed by atoms with van der Waals surface area (Å²) in [5.74, 6) is 0.969. The third-order valence-corrected chi connectivity index (χ3v) is 7.75. The lowest BCUT2D eigenvalue weighted by molar-refractivity contribution is -0.140. The monoisotopic (exact) mass is 449 g/mol. The Morgan fingerprint density at radius 2 is 1.58 bits per heavy atom. The summed E-state index contributed by atoms with van der Waals surface area (Å²) in [4.78, 5) is 33.9. The smallest absolute Gasteiger partial charge is 0.233 e. The number of guanidine groups is 1. The predicted molar refractivity (Wildman–Crippen MR) is 128 cm³/mol. The number of carbonyl (C=O) groups excluding carboxylic acids is 2. The molecule has 1 aromatic rings. The molecule has 0 aromatic heterocycles. The van der Waals surface area contributed by atoms with Gasteiger partial charge < -0.3 is 10.6 Å². The molecule has 0 spiro atoms. The average Bonchev–Trinajstić information content (AvgIpc) is 3.52. The topological polar surface area (TPSA) is 77.0 Å². The standard InChI is InChI=1S/C26H35N5O2/c1-27-26(29-16-18-5-7-19(8-6-18)17-30-12-3-2-4-13-30)28-11-14-31-24(32)22-20-9-10-21(15-20)23(22)25(31)33/h5-10,20-23H,2-4,11-17H2,1H3,(H2,27,28,29). The van der Waals surface area contributed by atoms with Crippen molar-refractivity contribution in [1.82, 2.24) is 20.4 Å².